The highest BCUT2D eigenvalue weighted by atomic mass is 16.5. The fourth-order valence-electron chi connectivity index (χ4n) is 11.8. The minimum Gasteiger partial charge on any atom is -0.497 e. The average molecular weight is 1070 g/mol. The summed E-state index contributed by atoms with van der Waals surface area (Å²) in [5.74, 6) is -3.63. The van der Waals surface area contributed by atoms with Crippen LogP contribution in [-0.4, -0.2) is 170 Å². The van der Waals surface area contributed by atoms with Gasteiger partial charge in [-0.15, -0.1) is 0 Å². The summed E-state index contributed by atoms with van der Waals surface area (Å²) < 4.78 is 5.44. The molecule has 0 spiro atoms. The van der Waals surface area contributed by atoms with Gasteiger partial charge in [0.2, 0.25) is 41.4 Å². The van der Waals surface area contributed by atoms with E-state index in [1.807, 2.05) is 46.7 Å². The van der Waals surface area contributed by atoms with Crippen LogP contribution < -0.4 is 16.0 Å². The molecule has 3 unspecified atom stereocenters. The summed E-state index contributed by atoms with van der Waals surface area (Å²) in [5.41, 5.74) is 6.65. The highest BCUT2D eigenvalue weighted by Crippen LogP contribution is 2.53. The maximum Gasteiger partial charge on any atom is 0.245 e. The van der Waals surface area contributed by atoms with Crippen LogP contribution in [0, 0.1) is 29.6 Å². The molecule has 4 bridgehead atoms. The van der Waals surface area contributed by atoms with E-state index < -0.39 is 96.0 Å². The second kappa shape index (κ2) is 29.4. The molecule has 0 radical (unpaired) electrons. The lowest BCUT2D eigenvalue weighted by atomic mass is 9.83. The predicted molar refractivity (Wildman–Crippen MR) is 302 cm³/mol. The number of amides is 7. The molecule has 7 amide bonds. The first-order valence-corrected chi connectivity index (χ1v) is 28.4. The Morgan fingerprint density at radius 1 is 0.688 bits per heavy atom. The second-order valence-corrected chi connectivity index (χ2v) is 23.7. The molecule has 17 heteroatoms. The van der Waals surface area contributed by atoms with Crippen LogP contribution >= 0.6 is 0 Å². The van der Waals surface area contributed by atoms with Crippen LogP contribution in [0.4, 0.5) is 0 Å². The van der Waals surface area contributed by atoms with Crippen LogP contribution in [-0.2, 0) is 43.1 Å². The van der Waals surface area contributed by atoms with E-state index in [-0.39, 0.29) is 30.1 Å². The number of hydrogen-bond donors (Lipinski definition) is 3. The number of nitrogens with one attached hydrogen (secondary N) is 3. The molecule has 1 aliphatic heterocycles. The van der Waals surface area contributed by atoms with E-state index in [1.54, 1.807) is 64.8 Å². The lowest BCUT2D eigenvalue weighted by molar-refractivity contribution is -0.146. The molecule has 0 aromatic rings. The van der Waals surface area contributed by atoms with Crippen LogP contribution in [0.5, 0.6) is 0 Å². The van der Waals surface area contributed by atoms with E-state index in [0.29, 0.717) is 43.7 Å². The van der Waals surface area contributed by atoms with E-state index in [1.165, 1.54) is 58.2 Å². The zero-order chi connectivity index (χ0) is 57.6. The van der Waals surface area contributed by atoms with Gasteiger partial charge in [0, 0.05) is 46.6 Å². The van der Waals surface area contributed by atoms with Gasteiger partial charge in [-0.1, -0.05) is 90.3 Å². The summed E-state index contributed by atoms with van der Waals surface area (Å²) >= 11 is 0. The van der Waals surface area contributed by atoms with Crippen LogP contribution in [0.2, 0.25) is 0 Å². The van der Waals surface area contributed by atoms with Gasteiger partial charge in [-0.05, 0) is 133 Å². The lowest BCUT2D eigenvalue weighted by Crippen LogP contribution is -2.60. The van der Waals surface area contributed by atoms with Gasteiger partial charge < -0.3 is 45.1 Å². The van der Waals surface area contributed by atoms with Gasteiger partial charge in [0.25, 0.3) is 0 Å². The van der Waals surface area contributed by atoms with Crippen molar-refractivity contribution < 1.29 is 43.1 Å². The van der Waals surface area contributed by atoms with E-state index >= 15 is 0 Å². The third-order valence-electron chi connectivity index (χ3n) is 16.2. The minimum absolute atomic E-state index is 0.000320. The number of methoxy groups -OCH3 is 1. The van der Waals surface area contributed by atoms with Gasteiger partial charge in [-0.3, -0.25) is 38.5 Å². The van der Waals surface area contributed by atoms with Crippen molar-refractivity contribution in [3.8, 4) is 0 Å². The van der Waals surface area contributed by atoms with Crippen molar-refractivity contribution >= 4 is 47.6 Å². The number of hydrogen-bond acceptors (Lipinski definition) is 10. The quantitative estimate of drug-likeness (QED) is 0.0322. The lowest BCUT2D eigenvalue weighted by Gasteiger charge is -2.37. The molecule has 3 N–H and O–H groups in total. The molecular weight excluding hydrogens is 977 g/mol. The maximum atomic E-state index is 14.7. The number of ether oxygens (including phenoxy) is 1. The third-order valence-corrected chi connectivity index (χ3v) is 16.2. The molecule has 17 nitrogen and oxygen atoms in total. The molecule has 4 rings (SSSR count). The fourth-order valence-corrected chi connectivity index (χ4v) is 11.8. The summed E-state index contributed by atoms with van der Waals surface area (Å²) in [6, 6.07) is -6.95. The maximum absolute atomic E-state index is 14.7. The number of likely N-dealkylation sites (tertiary alicyclic amines) is 1. The Balaban J connectivity index is 1.59. The number of aldehydes is 1. The second-order valence-electron chi connectivity index (χ2n) is 23.7. The van der Waals surface area contributed by atoms with E-state index in [0.717, 1.165) is 57.7 Å². The number of nitrogens with zero attached hydrogens (tertiary/aromatic N) is 5. The van der Waals surface area contributed by atoms with Gasteiger partial charge in [0.1, 0.15) is 42.3 Å². The minimum atomic E-state index is -1.30. The van der Waals surface area contributed by atoms with Gasteiger partial charge >= 0.3 is 0 Å². The standard InChI is InChI=1S/C60H96N8O9/c1-17-40(30-44(18-2)77-16)31-48(57(73)65(13)43(35-69)28-36(3)4)62-56(72)54(39(9)10)67(15)60(76)53(38(7)8)63-52(70)34-49(58(74)68-26-20-19-21-27-68)61-55(71)50(29-37(5)6)66(14)59(75)51(64(11)12)33-47-45-24-25-46(47)42-23-22-41(45)32-42/h17-18,30,35-39,43,47-51,53-54H,1,19-29,31-34H2,2-16H3,(H,61,71)(H,62,72)(H,63,70)/b40-30+,44-18-/t43-,48-,49?,50-,51-,53?,54?/m0/s1. The Hall–Kier alpha value is -5.58. The first-order valence-electron chi connectivity index (χ1n) is 28.4. The zero-order valence-electron chi connectivity index (χ0n) is 49.5. The molecule has 0 aromatic carbocycles. The first-order chi connectivity index (χ1) is 36.3. The van der Waals surface area contributed by atoms with Crippen LogP contribution in [0.1, 0.15) is 146 Å². The molecule has 77 heavy (non-hydrogen) atoms. The summed E-state index contributed by atoms with van der Waals surface area (Å²) in [6.45, 7) is 21.6. The van der Waals surface area contributed by atoms with Crippen LogP contribution in [0.25, 0.3) is 0 Å². The Kier molecular flexibility index (Phi) is 24.4. The number of carbonyl (C=O) groups excluding carboxylic acids is 8. The normalized spacial score (nSPS) is 18.7. The zero-order valence-corrected chi connectivity index (χ0v) is 49.5. The summed E-state index contributed by atoms with van der Waals surface area (Å²) in [6.07, 6.45) is 14.5. The van der Waals surface area contributed by atoms with Gasteiger partial charge in [-0.25, -0.2) is 0 Å². The van der Waals surface area contributed by atoms with Crippen molar-refractivity contribution in [2.45, 2.75) is 188 Å². The van der Waals surface area contributed by atoms with Crippen molar-refractivity contribution in [1.29, 1.82) is 0 Å². The number of likely N-dealkylation sites (N-methyl/N-ethyl adjacent to an activating group) is 4. The van der Waals surface area contributed by atoms with Gasteiger partial charge in [-0.2, -0.15) is 0 Å². The van der Waals surface area contributed by atoms with E-state index in [4.69, 9.17) is 4.74 Å². The Morgan fingerprint density at radius 3 is 1.77 bits per heavy atom. The number of fused-ring (bicyclic) bond motifs is 4. The van der Waals surface area contributed by atoms with E-state index in [9.17, 15) is 38.4 Å². The number of allylic oxidation sites excluding steroid dienone is 7. The number of carbonyl (C=O) groups is 8. The smallest absolute Gasteiger partial charge is 0.245 e. The van der Waals surface area contributed by atoms with Crippen molar-refractivity contribution in [3.63, 3.8) is 0 Å². The van der Waals surface area contributed by atoms with Crippen LogP contribution in [0.15, 0.2) is 58.4 Å². The first kappa shape index (κ1) is 63.9. The largest absolute Gasteiger partial charge is 0.497 e. The topological polar surface area (TPSA) is 198 Å². The molecule has 2 saturated carbocycles. The van der Waals surface area contributed by atoms with Crippen LogP contribution in [0.3, 0.4) is 0 Å². The van der Waals surface area contributed by atoms with Crippen molar-refractivity contribution in [2.75, 3.05) is 55.4 Å². The van der Waals surface area contributed by atoms with Gasteiger partial charge in [0.05, 0.1) is 25.6 Å². The number of rotatable bonds is 29. The SMILES string of the molecule is C=C/C(=C\C(=C\C)OC)C[C@H](NC(=O)C(C(C)C)N(C)C(=O)C(NC(=O)CC(NC(=O)[C@H](CC(C)C)N(C)C(=O)[C@H](CC1C2=C3CCC(=C1CC2)C3)N(C)C)C(=O)N1CCCCC1)C(C)C)C(=O)N(C)[C@H](C=O)CC(C)C. The molecule has 4 aliphatic rings. The summed E-state index contributed by atoms with van der Waals surface area (Å²) in [4.78, 5) is 122. The molecular formula is C60H96N8O9. The average Bonchev–Trinajstić information content (AvgIpc) is 3.96. The predicted octanol–water partition coefficient (Wildman–Crippen LogP) is 6.50. The van der Waals surface area contributed by atoms with Crippen molar-refractivity contribution in [2.24, 2.45) is 29.6 Å². The molecule has 0 aromatic heterocycles. The Labute approximate surface area is 461 Å². The fraction of sp³-hybridized carbons (Fsp3) is 0.700. The van der Waals surface area contributed by atoms with Crippen molar-refractivity contribution in [1.82, 2.24) is 40.4 Å². The number of piperidine rings is 1. The molecule has 3 aliphatic carbocycles. The highest BCUT2D eigenvalue weighted by molar-refractivity contribution is 5.97. The monoisotopic (exact) mass is 1070 g/mol. The molecule has 3 fully saturated rings. The summed E-state index contributed by atoms with van der Waals surface area (Å²) in [7, 11) is 9.99. The molecule has 1 saturated heterocycles. The highest BCUT2D eigenvalue weighted by Gasteiger charge is 2.43. The Bertz CT molecular complexity index is 2240. The van der Waals surface area contributed by atoms with Crippen molar-refractivity contribution in [3.05, 3.63) is 58.4 Å². The summed E-state index contributed by atoms with van der Waals surface area (Å²) in [5, 5.41) is 8.71. The van der Waals surface area contributed by atoms with Gasteiger partial charge in [0.15, 0.2) is 0 Å². The third kappa shape index (κ3) is 16.7. The van der Waals surface area contributed by atoms with E-state index in [2.05, 4.69) is 22.5 Å². The molecule has 7 atom stereocenters. The molecule has 1 heterocycles. The Morgan fingerprint density at radius 2 is 1.27 bits per heavy atom. The molecule has 430 valence electrons.